The van der Waals surface area contributed by atoms with E-state index in [0.29, 0.717) is 12.5 Å². The molecule has 72 valence electrons. The first-order valence-electron chi connectivity index (χ1n) is 4.50. The SMILES string of the molecule is NCCc1nnc(C2CCOC2)s1. The minimum Gasteiger partial charge on any atom is -0.381 e. The van der Waals surface area contributed by atoms with Crippen LogP contribution in [0.3, 0.4) is 0 Å². The molecular weight excluding hydrogens is 186 g/mol. The molecule has 0 bridgehead atoms. The van der Waals surface area contributed by atoms with Crippen LogP contribution in [0.15, 0.2) is 0 Å². The Hall–Kier alpha value is -0.520. The summed E-state index contributed by atoms with van der Waals surface area (Å²) in [5.74, 6) is 0.476. The summed E-state index contributed by atoms with van der Waals surface area (Å²) in [6.45, 7) is 2.31. The zero-order valence-electron chi connectivity index (χ0n) is 7.40. The zero-order valence-corrected chi connectivity index (χ0v) is 8.22. The third kappa shape index (κ3) is 2.04. The highest BCUT2D eigenvalue weighted by Gasteiger charge is 2.21. The molecule has 1 aromatic heterocycles. The molecule has 1 fully saturated rings. The highest BCUT2D eigenvalue weighted by Crippen LogP contribution is 2.27. The van der Waals surface area contributed by atoms with Gasteiger partial charge in [0, 0.05) is 18.9 Å². The van der Waals surface area contributed by atoms with Gasteiger partial charge in [0.05, 0.1) is 6.61 Å². The van der Waals surface area contributed by atoms with Crippen LogP contribution < -0.4 is 5.73 Å². The smallest absolute Gasteiger partial charge is 0.122 e. The molecule has 1 unspecified atom stereocenters. The molecule has 0 aliphatic carbocycles. The van der Waals surface area contributed by atoms with E-state index < -0.39 is 0 Å². The maximum atomic E-state index is 5.44. The van der Waals surface area contributed by atoms with E-state index in [1.165, 1.54) is 0 Å². The summed E-state index contributed by atoms with van der Waals surface area (Å²) in [6, 6.07) is 0. The van der Waals surface area contributed by atoms with E-state index in [0.717, 1.165) is 36.1 Å². The van der Waals surface area contributed by atoms with Crippen molar-refractivity contribution in [1.29, 1.82) is 0 Å². The Morgan fingerprint density at radius 3 is 3.15 bits per heavy atom. The van der Waals surface area contributed by atoms with Crippen molar-refractivity contribution >= 4 is 11.3 Å². The predicted molar refractivity (Wildman–Crippen MR) is 50.8 cm³/mol. The Bertz CT molecular complexity index is 270. The second-order valence-electron chi connectivity index (χ2n) is 3.13. The molecule has 4 nitrogen and oxygen atoms in total. The van der Waals surface area contributed by atoms with Crippen LogP contribution in [0.2, 0.25) is 0 Å². The van der Waals surface area contributed by atoms with Gasteiger partial charge in [0.1, 0.15) is 10.0 Å². The zero-order chi connectivity index (χ0) is 9.10. The van der Waals surface area contributed by atoms with Crippen LogP contribution in [0.1, 0.15) is 22.4 Å². The molecule has 0 spiro atoms. The summed E-state index contributed by atoms with van der Waals surface area (Å²) in [5.41, 5.74) is 5.44. The molecule has 0 radical (unpaired) electrons. The molecule has 13 heavy (non-hydrogen) atoms. The Balaban J connectivity index is 2.03. The Morgan fingerprint density at radius 2 is 2.46 bits per heavy atom. The maximum Gasteiger partial charge on any atom is 0.122 e. The average Bonchev–Trinajstić information content (AvgIpc) is 2.70. The lowest BCUT2D eigenvalue weighted by Crippen LogP contribution is -2.01. The van der Waals surface area contributed by atoms with E-state index in [1.807, 2.05) is 0 Å². The molecule has 5 heteroatoms. The Labute approximate surface area is 81.1 Å². The summed E-state index contributed by atoms with van der Waals surface area (Å²) in [6.07, 6.45) is 1.92. The van der Waals surface area contributed by atoms with E-state index >= 15 is 0 Å². The lowest BCUT2D eigenvalue weighted by Gasteiger charge is -1.98. The molecule has 1 aliphatic heterocycles. The van der Waals surface area contributed by atoms with E-state index in [9.17, 15) is 0 Å². The van der Waals surface area contributed by atoms with Gasteiger partial charge in [0.15, 0.2) is 0 Å². The lowest BCUT2D eigenvalue weighted by atomic mass is 10.1. The van der Waals surface area contributed by atoms with E-state index in [1.54, 1.807) is 11.3 Å². The van der Waals surface area contributed by atoms with Gasteiger partial charge < -0.3 is 10.5 Å². The van der Waals surface area contributed by atoms with Gasteiger partial charge in [-0.3, -0.25) is 0 Å². The summed E-state index contributed by atoms with van der Waals surface area (Å²) >= 11 is 1.67. The summed E-state index contributed by atoms with van der Waals surface area (Å²) in [4.78, 5) is 0. The Morgan fingerprint density at radius 1 is 1.54 bits per heavy atom. The molecule has 2 N–H and O–H groups in total. The number of rotatable bonds is 3. The molecule has 1 saturated heterocycles. The summed E-state index contributed by atoms with van der Waals surface area (Å²) in [7, 11) is 0. The molecule has 1 atom stereocenters. The molecule has 0 aromatic carbocycles. The fraction of sp³-hybridized carbons (Fsp3) is 0.750. The van der Waals surface area contributed by atoms with E-state index in [4.69, 9.17) is 10.5 Å². The minimum atomic E-state index is 0.476. The largest absolute Gasteiger partial charge is 0.381 e. The number of hydrogen-bond donors (Lipinski definition) is 1. The first-order chi connectivity index (χ1) is 6.40. The molecule has 2 heterocycles. The summed E-state index contributed by atoms with van der Waals surface area (Å²) in [5, 5.41) is 10.4. The van der Waals surface area contributed by atoms with Gasteiger partial charge in [-0.15, -0.1) is 21.5 Å². The maximum absolute atomic E-state index is 5.44. The quantitative estimate of drug-likeness (QED) is 0.772. The highest BCUT2D eigenvalue weighted by molar-refractivity contribution is 7.11. The van der Waals surface area contributed by atoms with Crippen molar-refractivity contribution in [2.24, 2.45) is 5.73 Å². The van der Waals surface area contributed by atoms with Crippen LogP contribution in [0.4, 0.5) is 0 Å². The van der Waals surface area contributed by atoms with Gasteiger partial charge in [-0.25, -0.2) is 0 Å². The van der Waals surface area contributed by atoms with Gasteiger partial charge >= 0.3 is 0 Å². The average molecular weight is 199 g/mol. The molecule has 1 aromatic rings. The van der Waals surface area contributed by atoms with Gasteiger partial charge in [-0.05, 0) is 13.0 Å². The molecule has 2 rings (SSSR count). The van der Waals surface area contributed by atoms with Crippen LogP contribution in [-0.4, -0.2) is 30.0 Å². The van der Waals surface area contributed by atoms with E-state index in [-0.39, 0.29) is 0 Å². The Kier molecular flexibility index (Phi) is 2.87. The van der Waals surface area contributed by atoms with Crippen LogP contribution in [0.5, 0.6) is 0 Å². The van der Waals surface area contributed by atoms with Crippen molar-refractivity contribution in [2.45, 2.75) is 18.8 Å². The highest BCUT2D eigenvalue weighted by atomic mass is 32.1. The first-order valence-corrected chi connectivity index (χ1v) is 5.32. The lowest BCUT2D eigenvalue weighted by molar-refractivity contribution is 0.194. The van der Waals surface area contributed by atoms with Crippen molar-refractivity contribution in [3.63, 3.8) is 0 Å². The van der Waals surface area contributed by atoms with Gasteiger partial charge in [0.2, 0.25) is 0 Å². The number of hydrogen-bond acceptors (Lipinski definition) is 5. The van der Waals surface area contributed by atoms with Gasteiger partial charge in [0.25, 0.3) is 0 Å². The topological polar surface area (TPSA) is 61.0 Å². The standard InChI is InChI=1S/C8H13N3OS/c9-3-1-7-10-11-8(13-7)6-2-4-12-5-6/h6H,1-5,9H2. The third-order valence-electron chi connectivity index (χ3n) is 2.12. The summed E-state index contributed by atoms with van der Waals surface area (Å²) < 4.78 is 5.29. The molecular formula is C8H13N3OS. The monoisotopic (exact) mass is 199 g/mol. The molecule has 1 aliphatic rings. The normalized spacial score (nSPS) is 22.4. The molecule has 0 saturated carbocycles. The van der Waals surface area contributed by atoms with Crippen LogP contribution in [0, 0.1) is 0 Å². The second kappa shape index (κ2) is 4.13. The second-order valence-corrected chi connectivity index (χ2v) is 4.23. The van der Waals surface area contributed by atoms with Crippen molar-refractivity contribution in [3.05, 3.63) is 10.0 Å². The molecule has 0 amide bonds. The number of nitrogens with zero attached hydrogens (tertiary/aromatic N) is 2. The van der Waals surface area contributed by atoms with E-state index in [2.05, 4.69) is 10.2 Å². The number of ether oxygens (including phenoxy) is 1. The van der Waals surface area contributed by atoms with Gasteiger partial charge in [-0.1, -0.05) is 0 Å². The van der Waals surface area contributed by atoms with Crippen molar-refractivity contribution < 1.29 is 4.74 Å². The minimum absolute atomic E-state index is 0.476. The fourth-order valence-electron chi connectivity index (χ4n) is 1.39. The third-order valence-corrected chi connectivity index (χ3v) is 3.27. The van der Waals surface area contributed by atoms with Crippen molar-refractivity contribution in [1.82, 2.24) is 10.2 Å². The number of nitrogens with two attached hydrogens (primary N) is 1. The first kappa shape index (κ1) is 9.05. The van der Waals surface area contributed by atoms with Crippen LogP contribution in [0.25, 0.3) is 0 Å². The van der Waals surface area contributed by atoms with Crippen molar-refractivity contribution in [3.8, 4) is 0 Å². The van der Waals surface area contributed by atoms with Crippen LogP contribution in [-0.2, 0) is 11.2 Å². The predicted octanol–water partition coefficient (Wildman–Crippen LogP) is 0.543. The van der Waals surface area contributed by atoms with Crippen LogP contribution >= 0.6 is 11.3 Å². The number of aromatic nitrogens is 2. The fourth-order valence-corrected chi connectivity index (χ4v) is 2.36. The van der Waals surface area contributed by atoms with Crippen molar-refractivity contribution in [2.75, 3.05) is 19.8 Å². The van der Waals surface area contributed by atoms with Gasteiger partial charge in [-0.2, -0.15) is 0 Å².